The lowest BCUT2D eigenvalue weighted by molar-refractivity contribution is -0.387. The second-order valence-corrected chi connectivity index (χ2v) is 8.05. The fourth-order valence-corrected chi connectivity index (χ4v) is 3.99. The smallest absolute Gasteiger partial charge is 0.318 e. The van der Waals surface area contributed by atoms with E-state index in [-0.39, 0.29) is 17.2 Å². The van der Waals surface area contributed by atoms with Crippen LogP contribution in [-0.2, 0) is 20.7 Å². The zero-order valence-electron chi connectivity index (χ0n) is 18.1. The SMILES string of the molecule is CC(=O)CCc1ccc(Oc2cccc(C(CC3CCNCC3)OC=O)c2[N+](=O)[O-])cc1. The number of nitrogens with zero attached hydrogens (tertiary/aromatic N) is 1. The van der Waals surface area contributed by atoms with Crippen molar-refractivity contribution in [1.82, 2.24) is 5.32 Å². The van der Waals surface area contributed by atoms with Gasteiger partial charge in [0.05, 0.1) is 10.5 Å². The van der Waals surface area contributed by atoms with Crippen molar-refractivity contribution in [3.63, 3.8) is 0 Å². The molecule has 0 spiro atoms. The van der Waals surface area contributed by atoms with Crippen molar-refractivity contribution in [3.8, 4) is 11.5 Å². The molecule has 0 amide bonds. The van der Waals surface area contributed by atoms with E-state index in [4.69, 9.17) is 9.47 Å². The third-order valence-electron chi connectivity index (χ3n) is 5.70. The van der Waals surface area contributed by atoms with Crippen LogP contribution < -0.4 is 10.1 Å². The summed E-state index contributed by atoms with van der Waals surface area (Å²) in [6, 6.07) is 11.9. The van der Waals surface area contributed by atoms with Crippen molar-refractivity contribution in [2.45, 2.75) is 45.1 Å². The van der Waals surface area contributed by atoms with Gasteiger partial charge in [0.1, 0.15) is 17.6 Å². The molecule has 1 unspecified atom stereocenters. The maximum Gasteiger partial charge on any atom is 0.318 e. The van der Waals surface area contributed by atoms with Crippen LogP contribution in [0.4, 0.5) is 5.69 Å². The van der Waals surface area contributed by atoms with E-state index in [0.717, 1.165) is 31.5 Å². The number of piperidine rings is 1. The number of Topliss-reactive ketones (excluding diaryl/α,β-unsaturated/α-hetero) is 1. The minimum Gasteiger partial charge on any atom is -0.459 e. The molecule has 1 N–H and O–H groups in total. The lowest BCUT2D eigenvalue weighted by atomic mass is 9.89. The van der Waals surface area contributed by atoms with E-state index < -0.39 is 11.0 Å². The molecule has 0 aromatic heterocycles. The molecule has 3 rings (SSSR count). The number of ether oxygens (including phenoxy) is 2. The average molecular weight is 440 g/mol. The molecule has 0 saturated carbocycles. The van der Waals surface area contributed by atoms with Crippen LogP contribution in [0.3, 0.4) is 0 Å². The molecule has 1 aliphatic rings. The Labute approximate surface area is 187 Å². The summed E-state index contributed by atoms with van der Waals surface area (Å²) in [6.45, 7) is 3.66. The second kappa shape index (κ2) is 11.4. The number of rotatable bonds is 11. The Kier molecular flexibility index (Phi) is 8.33. The van der Waals surface area contributed by atoms with Crippen LogP contribution >= 0.6 is 0 Å². The molecule has 1 heterocycles. The van der Waals surface area contributed by atoms with Gasteiger partial charge in [-0.2, -0.15) is 0 Å². The topological polar surface area (TPSA) is 108 Å². The first kappa shape index (κ1) is 23.4. The average Bonchev–Trinajstić information content (AvgIpc) is 2.78. The maximum atomic E-state index is 12.0. The minimum atomic E-state index is -0.714. The number of hydrogen-bond donors (Lipinski definition) is 1. The maximum absolute atomic E-state index is 12.0. The van der Waals surface area contributed by atoms with Gasteiger partial charge in [0.2, 0.25) is 5.75 Å². The summed E-state index contributed by atoms with van der Waals surface area (Å²) in [4.78, 5) is 33.8. The summed E-state index contributed by atoms with van der Waals surface area (Å²) >= 11 is 0. The summed E-state index contributed by atoms with van der Waals surface area (Å²) in [7, 11) is 0. The van der Waals surface area contributed by atoms with Crippen LogP contribution in [0.15, 0.2) is 42.5 Å². The van der Waals surface area contributed by atoms with Crippen LogP contribution in [0.2, 0.25) is 0 Å². The third kappa shape index (κ3) is 6.37. The van der Waals surface area contributed by atoms with Gasteiger partial charge >= 0.3 is 5.69 Å². The van der Waals surface area contributed by atoms with E-state index in [0.29, 0.717) is 43.0 Å². The Bertz CT molecular complexity index is 938. The lowest BCUT2D eigenvalue weighted by Gasteiger charge is -2.26. The number of aryl methyl sites for hydroxylation is 1. The van der Waals surface area contributed by atoms with E-state index >= 15 is 0 Å². The van der Waals surface area contributed by atoms with Crippen LogP contribution in [0.25, 0.3) is 0 Å². The van der Waals surface area contributed by atoms with E-state index in [1.54, 1.807) is 31.2 Å². The first-order chi connectivity index (χ1) is 15.5. The highest BCUT2D eigenvalue weighted by atomic mass is 16.6. The molecule has 1 aliphatic heterocycles. The number of carbonyl (C=O) groups excluding carboxylic acids is 2. The number of nitrogens with one attached hydrogen (secondary N) is 1. The van der Waals surface area contributed by atoms with E-state index in [2.05, 4.69) is 5.32 Å². The fourth-order valence-electron chi connectivity index (χ4n) is 3.99. The highest BCUT2D eigenvalue weighted by Gasteiger charge is 2.30. The standard InChI is InChI=1S/C24H28N2O6/c1-17(28)5-6-18-7-9-20(10-8-18)32-22-4-2-3-21(24(22)26(29)30)23(31-16-27)15-19-11-13-25-14-12-19/h2-4,7-10,16,19,23,25H,5-6,11-15H2,1H3. The summed E-state index contributed by atoms with van der Waals surface area (Å²) < 4.78 is 11.1. The largest absolute Gasteiger partial charge is 0.459 e. The van der Waals surface area contributed by atoms with Gasteiger partial charge in [0, 0.05) is 6.42 Å². The Balaban J connectivity index is 1.83. The van der Waals surface area contributed by atoms with Gasteiger partial charge in [-0.15, -0.1) is 0 Å². The van der Waals surface area contributed by atoms with Crippen molar-refractivity contribution < 1.29 is 24.0 Å². The predicted molar refractivity (Wildman–Crippen MR) is 119 cm³/mol. The molecule has 170 valence electrons. The third-order valence-corrected chi connectivity index (χ3v) is 5.70. The minimum absolute atomic E-state index is 0.0915. The van der Waals surface area contributed by atoms with Crippen molar-refractivity contribution in [2.24, 2.45) is 5.92 Å². The monoisotopic (exact) mass is 440 g/mol. The molecular formula is C24H28N2O6. The van der Waals surface area contributed by atoms with Gasteiger partial charge in [-0.05, 0) is 81.4 Å². The Morgan fingerprint density at radius 1 is 1.22 bits per heavy atom. The summed E-state index contributed by atoms with van der Waals surface area (Å²) in [5, 5.41) is 15.3. The van der Waals surface area contributed by atoms with Crippen molar-refractivity contribution in [2.75, 3.05) is 13.1 Å². The first-order valence-corrected chi connectivity index (χ1v) is 10.8. The van der Waals surface area contributed by atoms with E-state index in [1.807, 2.05) is 12.1 Å². The van der Waals surface area contributed by atoms with Crippen LogP contribution in [0, 0.1) is 16.0 Å². The fraction of sp³-hybridized carbons (Fsp3) is 0.417. The molecule has 0 aliphatic carbocycles. The van der Waals surface area contributed by atoms with Gasteiger partial charge in [0.15, 0.2) is 0 Å². The Hall–Kier alpha value is -3.26. The molecule has 1 saturated heterocycles. The van der Waals surface area contributed by atoms with Gasteiger partial charge < -0.3 is 19.6 Å². The number of hydrogen-bond acceptors (Lipinski definition) is 7. The van der Waals surface area contributed by atoms with Gasteiger partial charge in [-0.25, -0.2) is 0 Å². The predicted octanol–water partition coefficient (Wildman–Crippen LogP) is 4.51. The zero-order valence-corrected chi connectivity index (χ0v) is 18.1. The molecule has 0 radical (unpaired) electrons. The van der Waals surface area contributed by atoms with Gasteiger partial charge in [-0.3, -0.25) is 14.9 Å². The Morgan fingerprint density at radius 3 is 2.56 bits per heavy atom. The normalized spacial score (nSPS) is 15.0. The molecule has 1 atom stereocenters. The van der Waals surface area contributed by atoms with E-state index in [9.17, 15) is 19.7 Å². The van der Waals surface area contributed by atoms with Crippen molar-refractivity contribution >= 4 is 17.9 Å². The molecule has 2 aromatic carbocycles. The molecule has 0 bridgehead atoms. The van der Waals surface area contributed by atoms with Crippen molar-refractivity contribution in [1.29, 1.82) is 0 Å². The molecule has 2 aromatic rings. The van der Waals surface area contributed by atoms with E-state index in [1.165, 1.54) is 6.07 Å². The second-order valence-electron chi connectivity index (χ2n) is 8.05. The highest BCUT2D eigenvalue weighted by Crippen LogP contribution is 2.41. The van der Waals surface area contributed by atoms with Crippen molar-refractivity contribution in [3.05, 3.63) is 63.7 Å². The molecule has 1 fully saturated rings. The Morgan fingerprint density at radius 2 is 1.94 bits per heavy atom. The molecule has 32 heavy (non-hydrogen) atoms. The summed E-state index contributed by atoms with van der Waals surface area (Å²) in [5.41, 5.74) is 1.11. The summed E-state index contributed by atoms with van der Waals surface area (Å²) in [5.74, 6) is 0.971. The molecule has 8 heteroatoms. The first-order valence-electron chi connectivity index (χ1n) is 10.8. The lowest BCUT2D eigenvalue weighted by Crippen LogP contribution is -2.29. The zero-order chi connectivity index (χ0) is 22.9. The molecular weight excluding hydrogens is 412 g/mol. The van der Waals surface area contributed by atoms with Gasteiger partial charge in [0.25, 0.3) is 6.47 Å². The molecule has 8 nitrogen and oxygen atoms in total. The van der Waals surface area contributed by atoms with Crippen LogP contribution in [0.5, 0.6) is 11.5 Å². The number of benzene rings is 2. The van der Waals surface area contributed by atoms with Crippen LogP contribution in [-0.4, -0.2) is 30.3 Å². The highest BCUT2D eigenvalue weighted by molar-refractivity contribution is 5.75. The number of ketones is 1. The number of carbonyl (C=O) groups is 2. The number of nitro benzene ring substituents is 1. The quantitative estimate of drug-likeness (QED) is 0.311. The van der Waals surface area contributed by atoms with Crippen LogP contribution in [0.1, 0.15) is 49.8 Å². The summed E-state index contributed by atoms with van der Waals surface area (Å²) in [6.07, 6.45) is 2.76. The number of para-hydroxylation sites is 1. The number of nitro groups is 1. The van der Waals surface area contributed by atoms with Gasteiger partial charge in [-0.1, -0.05) is 18.2 Å².